The van der Waals surface area contributed by atoms with Gasteiger partial charge in [-0.05, 0) is 37.8 Å². The van der Waals surface area contributed by atoms with Crippen molar-refractivity contribution in [3.63, 3.8) is 0 Å². The second-order valence-electron chi connectivity index (χ2n) is 5.04. The summed E-state index contributed by atoms with van der Waals surface area (Å²) in [7, 11) is 0. The van der Waals surface area contributed by atoms with Gasteiger partial charge in [0.15, 0.2) is 0 Å². The fourth-order valence-electron chi connectivity index (χ4n) is 2.71. The number of pyridine rings is 1. The van der Waals surface area contributed by atoms with Crippen LogP contribution in [0.1, 0.15) is 49.4 Å². The molecule has 104 valence electrons. The molecular weight excluding hydrogens is 262 g/mol. The monoisotopic (exact) mass is 281 g/mol. The standard InChI is InChI=1S/C14H20ClN3O/c1-2-5-11-6-3-4-7-18(11)14(19)10-8-12(15)17-13(16)9-10/h8-9,11H,2-7H2,1H3,(H2,16,17). The maximum absolute atomic E-state index is 12.6. The number of hydrogen-bond acceptors (Lipinski definition) is 3. The summed E-state index contributed by atoms with van der Waals surface area (Å²) in [6, 6.07) is 3.54. The largest absolute Gasteiger partial charge is 0.384 e. The number of rotatable bonds is 3. The summed E-state index contributed by atoms with van der Waals surface area (Å²) in [5.41, 5.74) is 6.20. The van der Waals surface area contributed by atoms with Crippen LogP contribution in [0.3, 0.4) is 0 Å². The highest BCUT2D eigenvalue weighted by molar-refractivity contribution is 6.29. The van der Waals surface area contributed by atoms with Gasteiger partial charge in [0.2, 0.25) is 0 Å². The van der Waals surface area contributed by atoms with Crippen molar-refractivity contribution in [3.8, 4) is 0 Å². The summed E-state index contributed by atoms with van der Waals surface area (Å²) >= 11 is 5.87. The lowest BCUT2D eigenvalue weighted by Crippen LogP contribution is -2.43. The Hall–Kier alpha value is -1.29. The van der Waals surface area contributed by atoms with Crippen molar-refractivity contribution in [1.82, 2.24) is 9.88 Å². The number of aromatic nitrogens is 1. The van der Waals surface area contributed by atoms with Crippen LogP contribution in [0.5, 0.6) is 0 Å². The van der Waals surface area contributed by atoms with Crippen LogP contribution < -0.4 is 5.73 Å². The maximum atomic E-state index is 12.6. The molecule has 1 aliphatic heterocycles. The first-order valence-corrected chi connectivity index (χ1v) is 7.23. The van der Waals surface area contributed by atoms with Crippen LogP contribution in [0.2, 0.25) is 5.15 Å². The number of nitrogens with two attached hydrogens (primary N) is 1. The Morgan fingerprint density at radius 1 is 1.53 bits per heavy atom. The van der Waals surface area contributed by atoms with E-state index in [4.69, 9.17) is 17.3 Å². The summed E-state index contributed by atoms with van der Waals surface area (Å²) in [5, 5.41) is 0.271. The van der Waals surface area contributed by atoms with E-state index in [2.05, 4.69) is 11.9 Å². The fraction of sp³-hybridized carbons (Fsp3) is 0.571. The predicted molar refractivity (Wildman–Crippen MR) is 77.2 cm³/mol. The number of amides is 1. The molecule has 0 aromatic carbocycles. The van der Waals surface area contributed by atoms with E-state index in [0.717, 1.165) is 32.2 Å². The molecule has 1 fully saturated rings. The number of carbonyl (C=O) groups excluding carboxylic acids is 1. The average Bonchev–Trinajstić information content (AvgIpc) is 2.38. The van der Waals surface area contributed by atoms with Gasteiger partial charge in [-0.2, -0.15) is 0 Å². The summed E-state index contributed by atoms with van der Waals surface area (Å²) in [4.78, 5) is 18.4. The molecule has 1 unspecified atom stereocenters. The molecule has 1 saturated heterocycles. The van der Waals surface area contributed by atoms with E-state index in [9.17, 15) is 4.79 Å². The zero-order valence-corrected chi connectivity index (χ0v) is 12.0. The Morgan fingerprint density at radius 3 is 3.00 bits per heavy atom. The highest BCUT2D eigenvalue weighted by Gasteiger charge is 2.27. The minimum absolute atomic E-state index is 0.0224. The first kappa shape index (κ1) is 14.1. The summed E-state index contributed by atoms with van der Waals surface area (Å²) < 4.78 is 0. The molecule has 1 aromatic rings. The van der Waals surface area contributed by atoms with Gasteiger partial charge in [-0.15, -0.1) is 0 Å². The number of anilines is 1. The first-order valence-electron chi connectivity index (χ1n) is 6.86. The molecule has 1 aliphatic rings. The van der Waals surface area contributed by atoms with Crippen molar-refractivity contribution in [2.24, 2.45) is 0 Å². The van der Waals surface area contributed by atoms with Crippen LogP contribution in [-0.2, 0) is 0 Å². The van der Waals surface area contributed by atoms with Crippen molar-refractivity contribution in [2.45, 2.75) is 45.1 Å². The molecule has 4 nitrogen and oxygen atoms in total. The Balaban J connectivity index is 2.20. The van der Waals surface area contributed by atoms with Crippen LogP contribution in [0.4, 0.5) is 5.82 Å². The number of likely N-dealkylation sites (tertiary alicyclic amines) is 1. The van der Waals surface area contributed by atoms with E-state index in [1.807, 2.05) is 4.90 Å². The normalized spacial score (nSPS) is 19.5. The van der Waals surface area contributed by atoms with Crippen LogP contribution in [-0.4, -0.2) is 28.4 Å². The minimum Gasteiger partial charge on any atom is -0.384 e. The van der Waals surface area contributed by atoms with Crippen LogP contribution in [0.15, 0.2) is 12.1 Å². The molecule has 19 heavy (non-hydrogen) atoms. The molecule has 5 heteroatoms. The topological polar surface area (TPSA) is 59.2 Å². The van der Waals surface area contributed by atoms with Crippen molar-refractivity contribution in [2.75, 3.05) is 12.3 Å². The number of nitrogens with zero attached hydrogens (tertiary/aromatic N) is 2. The third kappa shape index (κ3) is 3.38. The number of carbonyl (C=O) groups is 1. The molecule has 2 rings (SSSR count). The van der Waals surface area contributed by atoms with Crippen molar-refractivity contribution < 1.29 is 4.79 Å². The molecule has 1 amide bonds. The maximum Gasteiger partial charge on any atom is 0.254 e. The number of piperidine rings is 1. The molecule has 0 saturated carbocycles. The molecule has 2 N–H and O–H groups in total. The highest BCUT2D eigenvalue weighted by atomic mass is 35.5. The lowest BCUT2D eigenvalue weighted by molar-refractivity contribution is 0.0600. The fourth-order valence-corrected chi connectivity index (χ4v) is 2.92. The van der Waals surface area contributed by atoms with Gasteiger partial charge in [-0.3, -0.25) is 4.79 Å². The minimum atomic E-state index is 0.0224. The molecule has 0 bridgehead atoms. The third-order valence-corrected chi connectivity index (χ3v) is 3.76. The number of hydrogen-bond donors (Lipinski definition) is 1. The van der Waals surface area contributed by atoms with Gasteiger partial charge >= 0.3 is 0 Å². The van der Waals surface area contributed by atoms with Gasteiger partial charge in [0.1, 0.15) is 11.0 Å². The predicted octanol–water partition coefficient (Wildman–Crippen LogP) is 3.11. The Morgan fingerprint density at radius 2 is 2.32 bits per heavy atom. The molecule has 0 spiro atoms. The van der Waals surface area contributed by atoms with Gasteiger partial charge < -0.3 is 10.6 Å². The lowest BCUT2D eigenvalue weighted by atomic mass is 9.97. The summed E-state index contributed by atoms with van der Waals surface area (Å²) in [6.07, 6.45) is 5.51. The van der Waals surface area contributed by atoms with E-state index >= 15 is 0 Å². The summed E-state index contributed by atoms with van der Waals surface area (Å²) in [5.74, 6) is 0.314. The van der Waals surface area contributed by atoms with E-state index < -0.39 is 0 Å². The van der Waals surface area contributed by atoms with E-state index in [1.165, 1.54) is 6.42 Å². The molecule has 0 aliphatic carbocycles. The third-order valence-electron chi connectivity index (χ3n) is 3.57. The zero-order valence-electron chi connectivity index (χ0n) is 11.2. The van der Waals surface area contributed by atoms with Gasteiger partial charge in [0, 0.05) is 18.2 Å². The second-order valence-corrected chi connectivity index (χ2v) is 5.43. The van der Waals surface area contributed by atoms with Crippen LogP contribution >= 0.6 is 11.6 Å². The Bertz CT molecular complexity index is 442. The zero-order chi connectivity index (χ0) is 13.8. The Labute approximate surface area is 118 Å². The molecule has 0 radical (unpaired) electrons. The van der Waals surface area contributed by atoms with Gasteiger partial charge in [0.05, 0.1) is 0 Å². The van der Waals surface area contributed by atoms with Gasteiger partial charge in [-0.1, -0.05) is 24.9 Å². The quantitative estimate of drug-likeness (QED) is 0.866. The molecular formula is C14H20ClN3O. The Kier molecular flexibility index (Phi) is 4.64. The molecule has 1 atom stereocenters. The van der Waals surface area contributed by atoms with E-state index in [1.54, 1.807) is 12.1 Å². The smallest absolute Gasteiger partial charge is 0.254 e. The van der Waals surface area contributed by atoms with Crippen LogP contribution in [0.25, 0.3) is 0 Å². The van der Waals surface area contributed by atoms with Crippen molar-refractivity contribution >= 4 is 23.3 Å². The number of halogens is 1. The first-order chi connectivity index (χ1) is 9.11. The van der Waals surface area contributed by atoms with Gasteiger partial charge in [0.25, 0.3) is 5.91 Å². The SMILES string of the molecule is CCCC1CCCCN1C(=O)c1cc(N)nc(Cl)c1. The van der Waals surface area contributed by atoms with E-state index in [0.29, 0.717) is 17.4 Å². The second kappa shape index (κ2) is 6.24. The number of nitrogen functional groups attached to an aromatic ring is 1. The molecule has 1 aromatic heterocycles. The highest BCUT2D eigenvalue weighted by Crippen LogP contribution is 2.24. The summed E-state index contributed by atoms with van der Waals surface area (Å²) in [6.45, 7) is 2.97. The van der Waals surface area contributed by atoms with Crippen molar-refractivity contribution in [3.05, 3.63) is 22.8 Å². The average molecular weight is 282 g/mol. The van der Waals surface area contributed by atoms with Crippen LogP contribution in [0, 0.1) is 0 Å². The van der Waals surface area contributed by atoms with Gasteiger partial charge in [-0.25, -0.2) is 4.98 Å². The molecule has 2 heterocycles. The van der Waals surface area contributed by atoms with E-state index in [-0.39, 0.29) is 11.1 Å². The van der Waals surface area contributed by atoms with Crippen molar-refractivity contribution in [1.29, 1.82) is 0 Å². The lowest BCUT2D eigenvalue weighted by Gasteiger charge is -2.36.